The van der Waals surface area contributed by atoms with Crippen molar-refractivity contribution in [3.8, 4) is 0 Å². The van der Waals surface area contributed by atoms with Crippen molar-refractivity contribution < 1.29 is 14.3 Å². The van der Waals surface area contributed by atoms with Gasteiger partial charge in [-0.2, -0.15) is 0 Å². The molecular weight excluding hydrogens is 489 g/mol. The van der Waals surface area contributed by atoms with Crippen molar-refractivity contribution in [2.75, 3.05) is 14.2 Å². The molecule has 1 heterocycles. The van der Waals surface area contributed by atoms with E-state index in [0.717, 1.165) is 43.4 Å². The molecule has 1 aliphatic heterocycles. The maximum absolute atomic E-state index is 13.1. The summed E-state index contributed by atoms with van der Waals surface area (Å²) in [6.45, 7) is 6.59. The fourth-order valence-corrected chi connectivity index (χ4v) is 6.48. The number of carbonyl (C=O) groups excluding carboxylic acids is 1. The van der Waals surface area contributed by atoms with Crippen LogP contribution >= 0.6 is 20.7 Å². The second kappa shape index (κ2) is 10.1. The third-order valence-electron chi connectivity index (χ3n) is 6.16. The fraction of sp³-hybridized carbons (Fsp3) is 0.480. The van der Waals surface area contributed by atoms with Gasteiger partial charge in [0.05, 0.1) is 12.6 Å². The highest BCUT2D eigenvalue weighted by Crippen LogP contribution is 2.42. The van der Waals surface area contributed by atoms with E-state index in [1.54, 1.807) is 14.2 Å². The summed E-state index contributed by atoms with van der Waals surface area (Å²) in [5, 5.41) is 3.38. The van der Waals surface area contributed by atoms with E-state index in [2.05, 4.69) is 28.6 Å². The zero-order chi connectivity index (χ0) is 21.6. The predicted molar refractivity (Wildman–Crippen MR) is 131 cm³/mol. The Hall–Kier alpha value is -1.69. The Balaban J connectivity index is 1.82. The number of allylic oxidation sites excluding steroid dienone is 1. The number of methoxy groups -OCH3 is 2. The van der Waals surface area contributed by atoms with E-state index in [0.29, 0.717) is 12.0 Å². The second-order valence-electron chi connectivity index (χ2n) is 8.01. The third-order valence-corrected chi connectivity index (χ3v) is 9.05. The summed E-state index contributed by atoms with van der Waals surface area (Å²) in [4.78, 5) is 13.1. The minimum atomic E-state index is -0.530. The Morgan fingerprint density at radius 2 is 1.90 bits per heavy atom. The Morgan fingerprint density at radius 3 is 2.43 bits per heavy atom. The first-order chi connectivity index (χ1) is 14.5. The van der Waals surface area contributed by atoms with Gasteiger partial charge in [-0.1, -0.05) is 44.9 Å². The molecule has 1 unspecified atom stereocenters. The molecule has 1 aromatic carbocycles. The summed E-state index contributed by atoms with van der Waals surface area (Å²) in [5.74, 6) is 0.756. The number of hydrogen-bond donors (Lipinski definition) is 1. The van der Waals surface area contributed by atoms with Crippen LogP contribution in [0.2, 0.25) is 0 Å². The molecular formula is C25H32INO3. The number of amides is 1. The van der Waals surface area contributed by atoms with Crippen molar-refractivity contribution in [2.24, 2.45) is 0 Å². The van der Waals surface area contributed by atoms with Gasteiger partial charge in [0.1, 0.15) is 3.61 Å². The Labute approximate surface area is 190 Å². The van der Waals surface area contributed by atoms with Gasteiger partial charge in [0, 0.05) is 19.1 Å². The average molecular weight is 521 g/mol. The van der Waals surface area contributed by atoms with Gasteiger partial charge in [-0.15, -0.1) is 0 Å². The normalized spacial score (nSPS) is 22.6. The standard InChI is InChI=1S/C25H32INO3/c1-5-20-9-11-21(12-10-20)23(28)27-24(14-7-6-8-15-24)19(2)17-25(30-4)16-13-22(29-3)18-26-25/h9-13,16H,2,5-8,14-15,17H2,1,3-4H3,(H,27,28). The van der Waals surface area contributed by atoms with Crippen LogP contribution in [0.5, 0.6) is 0 Å². The molecule has 162 valence electrons. The molecule has 0 saturated heterocycles. The molecule has 30 heavy (non-hydrogen) atoms. The van der Waals surface area contributed by atoms with Crippen molar-refractivity contribution in [1.29, 1.82) is 0 Å². The van der Waals surface area contributed by atoms with Gasteiger partial charge in [-0.25, -0.2) is 0 Å². The first-order valence-corrected chi connectivity index (χ1v) is 12.8. The number of hydrogen-bond acceptors (Lipinski definition) is 3. The highest BCUT2D eigenvalue weighted by Gasteiger charge is 2.40. The van der Waals surface area contributed by atoms with Crippen molar-refractivity contribution in [2.45, 2.75) is 61.0 Å². The molecule has 1 aliphatic carbocycles. The molecule has 0 aromatic heterocycles. The summed E-state index contributed by atoms with van der Waals surface area (Å²) < 4.78 is 14.2. The number of halogens is 1. The lowest BCUT2D eigenvalue weighted by Crippen LogP contribution is -2.52. The molecule has 5 heteroatoms. The van der Waals surface area contributed by atoms with Gasteiger partial charge in [0.2, 0.25) is 0 Å². The van der Waals surface area contributed by atoms with Gasteiger partial charge in [-0.05, 0) is 79.1 Å². The lowest BCUT2D eigenvalue weighted by molar-refractivity contribution is 0.0871. The highest BCUT2D eigenvalue weighted by molar-refractivity contribution is 14.2. The van der Waals surface area contributed by atoms with Gasteiger partial charge in [-0.3, -0.25) is 4.79 Å². The molecule has 1 fully saturated rings. The third kappa shape index (κ3) is 5.13. The molecule has 3 rings (SSSR count). The molecule has 0 spiro atoms. The number of carbonyl (C=O) groups is 1. The fourth-order valence-electron chi connectivity index (χ4n) is 4.13. The van der Waals surface area contributed by atoms with E-state index in [4.69, 9.17) is 9.47 Å². The SMILES string of the molecule is C=C(CC1(OC)C=CC(OC)=C=I1)C1(NC(=O)c2ccc(CC)cc2)CCCCC1. The minimum absolute atomic E-state index is 0.0193. The summed E-state index contributed by atoms with van der Waals surface area (Å²) in [6.07, 6.45) is 10.9. The van der Waals surface area contributed by atoms with Gasteiger partial charge in [0.15, 0.2) is 5.76 Å². The first-order valence-electron chi connectivity index (χ1n) is 10.6. The molecule has 1 aromatic rings. The van der Waals surface area contributed by atoms with Crippen LogP contribution in [0.4, 0.5) is 0 Å². The van der Waals surface area contributed by atoms with Gasteiger partial charge < -0.3 is 14.8 Å². The summed E-state index contributed by atoms with van der Waals surface area (Å²) in [6, 6.07) is 7.91. The second-order valence-corrected chi connectivity index (χ2v) is 10.9. The predicted octanol–water partition coefficient (Wildman–Crippen LogP) is 5.44. The van der Waals surface area contributed by atoms with Crippen LogP contribution in [0.3, 0.4) is 0 Å². The van der Waals surface area contributed by atoms with Crippen LogP contribution in [-0.4, -0.2) is 32.9 Å². The lowest BCUT2D eigenvalue weighted by Gasteiger charge is -2.42. The Bertz CT molecular complexity index is 874. The van der Waals surface area contributed by atoms with Crippen LogP contribution < -0.4 is 5.32 Å². The molecule has 4 nitrogen and oxygen atoms in total. The first kappa shape index (κ1) is 23.0. The van der Waals surface area contributed by atoms with Crippen molar-refractivity contribution in [3.63, 3.8) is 0 Å². The van der Waals surface area contributed by atoms with E-state index >= 15 is 0 Å². The number of nitrogens with one attached hydrogen (secondary N) is 1. The van der Waals surface area contributed by atoms with E-state index < -0.39 is 24.3 Å². The Kier molecular flexibility index (Phi) is 7.72. The number of ether oxygens (including phenoxy) is 2. The molecule has 1 saturated carbocycles. The van der Waals surface area contributed by atoms with Crippen LogP contribution in [0.25, 0.3) is 0 Å². The number of alkyl halides is 1. The maximum atomic E-state index is 13.1. The van der Waals surface area contributed by atoms with Crippen LogP contribution in [0.15, 0.2) is 54.3 Å². The average Bonchev–Trinajstić information content (AvgIpc) is 2.80. The monoisotopic (exact) mass is 521 g/mol. The lowest BCUT2D eigenvalue weighted by atomic mass is 9.74. The van der Waals surface area contributed by atoms with E-state index in [1.165, 1.54) is 12.0 Å². The Morgan fingerprint density at radius 1 is 1.20 bits per heavy atom. The molecule has 1 N–H and O–H groups in total. The van der Waals surface area contributed by atoms with Crippen LogP contribution in [0, 0.1) is 0 Å². The molecule has 0 bridgehead atoms. The highest BCUT2D eigenvalue weighted by atomic mass is 127. The van der Waals surface area contributed by atoms with Gasteiger partial charge >= 0.3 is 0 Å². The summed E-state index contributed by atoms with van der Waals surface area (Å²) in [5.41, 5.74) is 2.61. The number of rotatable bonds is 8. The van der Waals surface area contributed by atoms with Crippen molar-refractivity contribution in [3.05, 3.63) is 65.5 Å². The minimum Gasteiger partial charge on any atom is -0.489 e. The molecule has 1 amide bonds. The molecule has 0 radical (unpaired) electrons. The zero-order valence-electron chi connectivity index (χ0n) is 18.2. The number of aryl methyl sites for hydroxylation is 1. The molecule has 1 atom stereocenters. The van der Waals surface area contributed by atoms with E-state index in [1.807, 2.05) is 30.3 Å². The summed E-state index contributed by atoms with van der Waals surface area (Å²) >= 11 is -0.530. The quantitative estimate of drug-likeness (QED) is 0.282. The molecule has 2 aliphatic rings. The smallest absolute Gasteiger partial charge is 0.251 e. The maximum Gasteiger partial charge on any atom is 0.251 e. The van der Waals surface area contributed by atoms with Crippen LogP contribution in [0.1, 0.15) is 61.4 Å². The van der Waals surface area contributed by atoms with Crippen LogP contribution in [-0.2, 0) is 15.9 Å². The topological polar surface area (TPSA) is 47.6 Å². The van der Waals surface area contributed by atoms with E-state index in [-0.39, 0.29) is 11.4 Å². The van der Waals surface area contributed by atoms with Gasteiger partial charge in [0.25, 0.3) is 5.91 Å². The van der Waals surface area contributed by atoms with Crippen molar-refractivity contribution >= 4 is 30.3 Å². The number of benzene rings is 1. The van der Waals surface area contributed by atoms with Crippen molar-refractivity contribution in [1.82, 2.24) is 5.32 Å². The zero-order valence-corrected chi connectivity index (χ0v) is 20.4. The summed E-state index contributed by atoms with van der Waals surface area (Å²) in [7, 11) is 3.41. The van der Waals surface area contributed by atoms with E-state index in [9.17, 15) is 4.79 Å². The largest absolute Gasteiger partial charge is 0.489 e.